The molecule has 0 spiro atoms. The minimum absolute atomic E-state index is 0.0278. The Labute approximate surface area is 518 Å². The summed E-state index contributed by atoms with van der Waals surface area (Å²) in [6.45, 7) is 37.2. The number of carbonyl (C=O) groups is 2. The van der Waals surface area contributed by atoms with Gasteiger partial charge in [-0.3, -0.25) is 10.1 Å². The summed E-state index contributed by atoms with van der Waals surface area (Å²) in [6.07, 6.45) is 3.90. The predicted octanol–water partition coefficient (Wildman–Crippen LogP) is 12.9. The maximum absolute atomic E-state index is 11.4. The first kappa shape index (κ1) is 71.9. The van der Waals surface area contributed by atoms with Crippen LogP contribution in [0.4, 0.5) is 17.3 Å². The molecule has 0 bridgehead atoms. The van der Waals surface area contributed by atoms with E-state index in [2.05, 4.69) is 71.5 Å². The van der Waals surface area contributed by atoms with E-state index < -0.39 is 16.9 Å². The first-order chi connectivity index (χ1) is 42.5. The van der Waals surface area contributed by atoms with E-state index in [0.717, 1.165) is 97.7 Å². The molecule has 0 atom stereocenters. The van der Waals surface area contributed by atoms with Crippen molar-refractivity contribution in [2.24, 2.45) is 0 Å². The van der Waals surface area contributed by atoms with Crippen LogP contribution in [0.5, 0.6) is 11.6 Å². The summed E-state index contributed by atoms with van der Waals surface area (Å²) >= 11 is 1.60. The molecule has 0 aliphatic carbocycles. The molecule has 10 rings (SSSR count). The van der Waals surface area contributed by atoms with Gasteiger partial charge in [-0.05, 0) is 146 Å². The van der Waals surface area contributed by atoms with E-state index in [1.807, 2.05) is 85.0 Å². The van der Waals surface area contributed by atoms with Crippen molar-refractivity contribution in [3.8, 4) is 33.5 Å². The predicted molar refractivity (Wildman–Crippen MR) is 324 cm³/mol. The van der Waals surface area contributed by atoms with Crippen LogP contribution < -0.4 is 14.4 Å². The summed E-state index contributed by atoms with van der Waals surface area (Å²) < 4.78 is 58.9. The number of ether oxygens (including phenoxy) is 5. The van der Waals surface area contributed by atoms with E-state index >= 15 is 0 Å². The number of thiazole rings is 1. The molecule has 1 N–H and O–H groups in total. The SMILES string of the molecule is CCOC(=O)c1c(OCCO)noc1C.COCc1onc(C)c1C.COc1ccc(-c2csc(-c3c(C)noc3C)n2)cc1.Cc1noc(C)c1C.Cc1noc(C)c1[N+](=O)[O-].Cc1noc(N2CCCCC2)c1C.[C-]#[N+]c1c(C(=O)OCC)noc1C. The van der Waals surface area contributed by atoms with Gasteiger partial charge in [0.1, 0.15) is 41.3 Å². The van der Waals surface area contributed by atoms with E-state index in [1.54, 1.807) is 53.3 Å². The largest absolute Gasteiger partial charge is 0.497 e. The number of aromatic nitrogens is 8. The molecule has 1 aromatic carbocycles. The smallest absolute Gasteiger partial charge is 0.349 e. The van der Waals surface area contributed by atoms with E-state index in [1.165, 1.54) is 38.7 Å². The molecule has 1 saturated heterocycles. The lowest BCUT2D eigenvalue weighted by molar-refractivity contribution is -0.386. The number of esters is 2. The molecule has 89 heavy (non-hydrogen) atoms. The Bertz CT molecular complexity index is 3620. The van der Waals surface area contributed by atoms with Crippen LogP contribution >= 0.6 is 11.3 Å². The van der Waals surface area contributed by atoms with Gasteiger partial charge in [0.05, 0.1) is 72.5 Å². The van der Waals surface area contributed by atoms with Crippen LogP contribution in [0.25, 0.3) is 26.7 Å². The van der Waals surface area contributed by atoms with Crippen molar-refractivity contribution in [3.63, 3.8) is 0 Å². The van der Waals surface area contributed by atoms with Crippen molar-refractivity contribution >= 4 is 40.5 Å². The highest BCUT2D eigenvalue weighted by atomic mass is 32.1. The van der Waals surface area contributed by atoms with E-state index in [4.69, 9.17) is 53.2 Å². The van der Waals surface area contributed by atoms with Gasteiger partial charge in [0.15, 0.2) is 28.5 Å². The number of nitrogens with zero attached hydrogens (tertiary/aromatic N) is 11. The Hall–Kier alpha value is -9.53. The Kier molecular flexibility index (Phi) is 29.1. The third-order valence-corrected chi connectivity index (χ3v) is 13.9. The number of aliphatic hydroxyl groups is 1. The number of hydrogen-bond acceptors (Lipinski definition) is 27. The average molecular weight is 1260 g/mol. The van der Waals surface area contributed by atoms with Gasteiger partial charge in [0, 0.05) is 54.8 Å². The van der Waals surface area contributed by atoms with Crippen LogP contribution in [0.3, 0.4) is 0 Å². The minimum Gasteiger partial charge on any atom is -0.497 e. The number of anilines is 1. The summed E-state index contributed by atoms with van der Waals surface area (Å²) in [5.41, 5.74) is 10.8. The molecule has 0 amide bonds. The number of aryl methyl sites for hydroxylation is 10. The second kappa shape index (κ2) is 35.9. The van der Waals surface area contributed by atoms with Crippen LogP contribution in [-0.4, -0.2) is 117 Å². The van der Waals surface area contributed by atoms with Gasteiger partial charge >= 0.3 is 17.6 Å². The fraction of sp³-hybridized carbons (Fsp3) is 0.450. The van der Waals surface area contributed by atoms with Crippen LogP contribution in [-0.2, 0) is 20.8 Å². The highest BCUT2D eigenvalue weighted by molar-refractivity contribution is 7.13. The van der Waals surface area contributed by atoms with E-state index in [9.17, 15) is 19.7 Å². The summed E-state index contributed by atoms with van der Waals surface area (Å²) in [5.74, 6) is 4.18. The zero-order valence-electron chi connectivity index (χ0n) is 53.3. The molecule has 29 heteroatoms. The molecule has 9 heterocycles. The number of nitro groups is 1. The molecule has 0 unspecified atom stereocenters. The summed E-state index contributed by atoms with van der Waals surface area (Å²) in [7, 11) is 3.30. The Morgan fingerprint density at radius 3 is 1.71 bits per heavy atom. The van der Waals surface area contributed by atoms with Gasteiger partial charge in [-0.2, -0.15) is 0 Å². The monoisotopic (exact) mass is 1260 g/mol. The lowest BCUT2D eigenvalue weighted by atomic mass is 10.1. The molecule has 1 aliphatic heterocycles. The zero-order chi connectivity index (χ0) is 65.9. The zero-order valence-corrected chi connectivity index (χ0v) is 54.1. The van der Waals surface area contributed by atoms with Crippen molar-refractivity contribution < 1.29 is 75.0 Å². The second-order valence-electron chi connectivity index (χ2n) is 19.3. The number of aliphatic hydroxyl groups excluding tert-OH is 1. The number of hydrogen-bond donors (Lipinski definition) is 1. The Morgan fingerprint density at radius 2 is 1.24 bits per heavy atom. The van der Waals surface area contributed by atoms with Crippen molar-refractivity contribution in [2.45, 2.75) is 130 Å². The van der Waals surface area contributed by atoms with Gasteiger partial charge in [-0.1, -0.05) is 30.9 Å². The molecule has 0 saturated carbocycles. The number of piperidine rings is 1. The van der Waals surface area contributed by atoms with Gasteiger partial charge in [-0.25, -0.2) is 19.4 Å². The first-order valence-corrected chi connectivity index (χ1v) is 28.8. The quantitative estimate of drug-likeness (QED) is 0.0457. The third-order valence-electron chi connectivity index (χ3n) is 13.1. The van der Waals surface area contributed by atoms with Crippen molar-refractivity contribution in [1.82, 2.24) is 41.1 Å². The molecule has 1 aliphatic rings. The molecule has 9 aromatic rings. The number of carbonyl (C=O) groups excluding carboxylic acids is 2. The van der Waals surface area contributed by atoms with Gasteiger partial charge in [0.25, 0.3) is 11.6 Å². The highest BCUT2D eigenvalue weighted by Gasteiger charge is 2.24. The van der Waals surface area contributed by atoms with Gasteiger partial charge in [-0.15, -0.1) is 11.3 Å². The molecule has 0 radical (unpaired) electrons. The van der Waals surface area contributed by atoms with Crippen LogP contribution in [0, 0.1) is 107 Å². The number of rotatable bonds is 14. The Morgan fingerprint density at radius 1 is 0.674 bits per heavy atom. The topological polar surface area (TPSA) is 346 Å². The maximum atomic E-state index is 11.4. The molecular weight excluding hydrogens is 1180 g/mol. The first-order valence-electron chi connectivity index (χ1n) is 27.9. The average Bonchev–Trinajstić information content (AvgIpc) is 4.54. The molecule has 480 valence electrons. The number of benzene rings is 1. The highest BCUT2D eigenvalue weighted by Crippen LogP contribution is 2.34. The maximum Gasteiger partial charge on any atom is 0.349 e. The number of methoxy groups -OCH3 is 2. The van der Waals surface area contributed by atoms with E-state index in [-0.39, 0.29) is 60.7 Å². The lowest BCUT2D eigenvalue weighted by Crippen LogP contribution is -2.29. The van der Waals surface area contributed by atoms with Gasteiger partial charge in [0.2, 0.25) is 11.6 Å². The van der Waals surface area contributed by atoms with Crippen molar-refractivity contribution in [1.29, 1.82) is 0 Å². The normalized spacial score (nSPS) is 11.2. The molecular formula is C60H77N11O17S. The molecule has 1 fully saturated rings. The second-order valence-corrected chi connectivity index (χ2v) is 20.2. The summed E-state index contributed by atoms with van der Waals surface area (Å²) in [5, 5.41) is 47.6. The molecule has 28 nitrogen and oxygen atoms in total. The van der Waals surface area contributed by atoms with Crippen molar-refractivity contribution in [3.05, 3.63) is 142 Å². The van der Waals surface area contributed by atoms with Crippen molar-refractivity contribution in [2.75, 3.05) is 58.6 Å². The molecule has 8 aromatic heterocycles. The van der Waals surface area contributed by atoms with Gasteiger partial charge < -0.3 is 65.4 Å². The standard InChI is InChI=1S/C15H14N2O2S.C10H16N2O.C9H13NO5.C8H8N2O3.C7H11NO2.C6H9NO.C5H6N2O3/c1-9-14(10(2)19-17-9)15-16-13(8-20-15)11-4-6-12(18-3)7-5-11;1-8-9(2)11-13-10(8)12-6-4-3-5-7-12;1-3-13-9(12)7-6(2)15-10-8(7)14-5-4-11;1-4-12-8(11)7-6(9-3)5(2)13-10-7;1-5-6(2)8-10-7(5)4-9-3;1-4-5(2)7-8-6(4)3;1-3-5(7(8)9)4(2)10-6-3/h4-8H,1-3H3;3-7H2,1-2H3;11H,3-5H2,1-2H3;4H2,1-2H3;4H2,1-3H3;1-3H3;1-2H3. The van der Waals surface area contributed by atoms with Crippen LogP contribution in [0.2, 0.25) is 0 Å². The van der Waals surface area contributed by atoms with Crippen LogP contribution in [0.15, 0.2) is 61.3 Å². The summed E-state index contributed by atoms with van der Waals surface area (Å²) in [6, 6.07) is 7.88. The summed E-state index contributed by atoms with van der Waals surface area (Å²) in [4.78, 5) is 42.4. The van der Waals surface area contributed by atoms with Crippen LogP contribution in [0.1, 0.15) is 134 Å². The lowest BCUT2D eigenvalue weighted by Gasteiger charge is -2.26. The van der Waals surface area contributed by atoms with E-state index in [0.29, 0.717) is 23.8 Å². The fourth-order valence-electron chi connectivity index (χ4n) is 7.72. The Balaban J connectivity index is 0.000000226. The fourth-order valence-corrected chi connectivity index (χ4v) is 8.69. The minimum atomic E-state index is -0.620. The third kappa shape index (κ3) is 20.5.